The third kappa shape index (κ3) is 4.55. The van der Waals surface area contributed by atoms with E-state index in [1.807, 2.05) is 60.7 Å². The molecular weight excluding hydrogens is 416 g/mol. The van der Waals surface area contributed by atoms with Gasteiger partial charge in [0, 0.05) is 29.9 Å². The number of ether oxygens (including phenoxy) is 1. The Morgan fingerprint density at radius 2 is 1.76 bits per heavy atom. The lowest BCUT2D eigenvalue weighted by atomic mass is 10.1. The lowest BCUT2D eigenvalue weighted by molar-refractivity contribution is 0.102. The molecule has 1 fully saturated rings. The molecule has 4 aromatic rings. The highest BCUT2D eigenvalue weighted by Gasteiger charge is 2.15. The van der Waals surface area contributed by atoms with E-state index in [1.165, 1.54) is 12.8 Å². The molecular formula is C25H24N6O2. The van der Waals surface area contributed by atoms with Crippen LogP contribution in [0.2, 0.25) is 0 Å². The first-order chi connectivity index (χ1) is 16.2. The fourth-order valence-electron chi connectivity index (χ4n) is 3.89. The molecule has 1 aliphatic rings. The molecule has 2 aromatic carbocycles. The van der Waals surface area contributed by atoms with Gasteiger partial charge in [0.15, 0.2) is 5.82 Å². The molecule has 33 heavy (non-hydrogen) atoms. The van der Waals surface area contributed by atoms with Gasteiger partial charge in [-0.15, -0.1) is 10.2 Å². The van der Waals surface area contributed by atoms with Gasteiger partial charge in [-0.2, -0.15) is 5.10 Å². The number of amides is 1. The second kappa shape index (κ2) is 9.12. The van der Waals surface area contributed by atoms with E-state index in [2.05, 4.69) is 30.6 Å². The highest BCUT2D eigenvalue weighted by atomic mass is 16.5. The van der Waals surface area contributed by atoms with Crippen molar-refractivity contribution in [3.63, 3.8) is 0 Å². The van der Waals surface area contributed by atoms with E-state index in [4.69, 9.17) is 4.74 Å². The number of aromatic amines is 1. The lowest BCUT2D eigenvalue weighted by Crippen LogP contribution is -2.19. The number of nitrogens with zero attached hydrogens (tertiary/aromatic N) is 4. The van der Waals surface area contributed by atoms with Crippen molar-refractivity contribution in [2.75, 3.05) is 30.4 Å². The van der Waals surface area contributed by atoms with Crippen LogP contribution in [-0.4, -0.2) is 46.5 Å². The number of anilines is 2. The van der Waals surface area contributed by atoms with Crippen LogP contribution < -0.4 is 15.0 Å². The third-order valence-electron chi connectivity index (χ3n) is 5.71. The molecule has 8 heteroatoms. The van der Waals surface area contributed by atoms with Gasteiger partial charge in [0.05, 0.1) is 18.5 Å². The van der Waals surface area contributed by atoms with Crippen LogP contribution in [0.4, 0.5) is 11.5 Å². The number of aromatic nitrogens is 4. The average molecular weight is 441 g/mol. The van der Waals surface area contributed by atoms with Crippen molar-refractivity contribution in [2.45, 2.75) is 12.8 Å². The Kier molecular flexibility index (Phi) is 5.72. The summed E-state index contributed by atoms with van der Waals surface area (Å²) in [5.74, 6) is 1.39. The minimum absolute atomic E-state index is 0.265. The molecule has 0 unspecified atom stereocenters. The first-order valence-electron chi connectivity index (χ1n) is 10.9. The molecule has 3 heterocycles. The highest BCUT2D eigenvalue weighted by molar-refractivity contribution is 6.03. The summed E-state index contributed by atoms with van der Waals surface area (Å²) in [7, 11) is 1.62. The van der Waals surface area contributed by atoms with Crippen molar-refractivity contribution in [1.29, 1.82) is 0 Å². The fraction of sp³-hybridized carbons (Fsp3) is 0.200. The number of benzene rings is 2. The summed E-state index contributed by atoms with van der Waals surface area (Å²) in [5, 5.41) is 18.7. The van der Waals surface area contributed by atoms with Crippen LogP contribution in [0.5, 0.6) is 5.75 Å². The van der Waals surface area contributed by atoms with Crippen LogP contribution in [0.15, 0.2) is 66.7 Å². The van der Waals surface area contributed by atoms with Crippen molar-refractivity contribution in [3.8, 4) is 28.3 Å². The highest BCUT2D eigenvalue weighted by Crippen LogP contribution is 2.24. The minimum Gasteiger partial charge on any atom is -0.497 e. The molecule has 0 bridgehead atoms. The maximum atomic E-state index is 12.7. The van der Waals surface area contributed by atoms with E-state index in [1.54, 1.807) is 13.2 Å². The number of nitrogens with one attached hydrogen (secondary N) is 2. The maximum absolute atomic E-state index is 12.7. The first-order valence-corrected chi connectivity index (χ1v) is 10.9. The lowest BCUT2D eigenvalue weighted by Gasteiger charge is -2.15. The number of hydrogen-bond donors (Lipinski definition) is 2. The zero-order chi connectivity index (χ0) is 22.6. The Bertz CT molecular complexity index is 1240. The number of methoxy groups -OCH3 is 1. The summed E-state index contributed by atoms with van der Waals surface area (Å²) in [5.41, 5.74) is 4.34. The number of carbonyl (C=O) groups excluding carboxylic acids is 1. The summed E-state index contributed by atoms with van der Waals surface area (Å²) >= 11 is 0. The molecule has 0 atom stereocenters. The fourth-order valence-corrected chi connectivity index (χ4v) is 3.89. The predicted molar refractivity (Wildman–Crippen MR) is 127 cm³/mol. The van der Waals surface area contributed by atoms with Gasteiger partial charge in [0.25, 0.3) is 5.91 Å². The second-order valence-corrected chi connectivity index (χ2v) is 7.90. The second-order valence-electron chi connectivity index (χ2n) is 7.90. The largest absolute Gasteiger partial charge is 0.497 e. The van der Waals surface area contributed by atoms with E-state index in [0.717, 1.165) is 41.5 Å². The van der Waals surface area contributed by atoms with Crippen molar-refractivity contribution in [1.82, 2.24) is 20.4 Å². The quantitative estimate of drug-likeness (QED) is 0.462. The SMILES string of the molecule is COc1cccc(-c2cc(C(=O)Nc3ccc(-c4ccc(N5CCCC5)nn4)cc3)[nH]n2)c1. The van der Waals surface area contributed by atoms with E-state index in [9.17, 15) is 4.79 Å². The molecule has 2 aromatic heterocycles. The number of hydrogen-bond acceptors (Lipinski definition) is 6. The minimum atomic E-state index is -0.265. The Morgan fingerprint density at radius 3 is 2.48 bits per heavy atom. The summed E-state index contributed by atoms with van der Waals surface area (Å²) in [6, 6.07) is 20.8. The van der Waals surface area contributed by atoms with Gasteiger partial charge in [-0.1, -0.05) is 24.3 Å². The maximum Gasteiger partial charge on any atom is 0.273 e. The van der Waals surface area contributed by atoms with Crippen LogP contribution in [0.1, 0.15) is 23.3 Å². The molecule has 166 valence electrons. The summed E-state index contributed by atoms with van der Waals surface area (Å²) < 4.78 is 5.25. The van der Waals surface area contributed by atoms with Crippen molar-refractivity contribution >= 4 is 17.4 Å². The normalized spacial score (nSPS) is 13.2. The number of rotatable bonds is 6. The Morgan fingerprint density at radius 1 is 0.939 bits per heavy atom. The van der Waals surface area contributed by atoms with Crippen molar-refractivity contribution in [3.05, 3.63) is 72.4 Å². The van der Waals surface area contributed by atoms with Crippen LogP contribution in [-0.2, 0) is 0 Å². The Labute approximate surface area is 191 Å². The van der Waals surface area contributed by atoms with Gasteiger partial charge in [0.2, 0.25) is 0 Å². The molecule has 0 aliphatic carbocycles. The summed E-state index contributed by atoms with van der Waals surface area (Å²) in [4.78, 5) is 14.9. The van der Waals surface area contributed by atoms with Gasteiger partial charge in [0.1, 0.15) is 11.4 Å². The first kappa shape index (κ1) is 20.7. The van der Waals surface area contributed by atoms with Crippen molar-refractivity contribution in [2.24, 2.45) is 0 Å². The molecule has 1 saturated heterocycles. The van der Waals surface area contributed by atoms with E-state index in [0.29, 0.717) is 17.1 Å². The standard InChI is InChI=1S/C25H24N6O2/c1-33-20-6-4-5-18(15-20)22-16-23(29-28-22)25(32)26-19-9-7-17(8-10-19)21-11-12-24(30-27-21)31-13-2-3-14-31/h4-12,15-16H,2-3,13-14H2,1H3,(H,26,32)(H,28,29). The molecule has 1 amide bonds. The smallest absolute Gasteiger partial charge is 0.273 e. The molecule has 0 spiro atoms. The van der Waals surface area contributed by atoms with E-state index >= 15 is 0 Å². The van der Waals surface area contributed by atoms with Crippen LogP contribution >= 0.6 is 0 Å². The molecule has 0 radical (unpaired) electrons. The molecule has 8 nitrogen and oxygen atoms in total. The van der Waals surface area contributed by atoms with Gasteiger partial charge in [-0.25, -0.2) is 0 Å². The molecule has 5 rings (SSSR count). The van der Waals surface area contributed by atoms with Gasteiger partial charge >= 0.3 is 0 Å². The average Bonchev–Trinajstić information content (AvgIpc) is 3.58. The number of H-pyrrole nitrogens is 1. The van der Waals surface area contributed by atoms with Gasteiger partial charge in [-0.3, -0.25) is 9.89 Å². The van der Waals surface area contributed by atoms with Crippen molar-refractivity contribution < 1.29 is 9.53 Å². The topological polar surface area (TPSA) is 96.0 Å². The third-order valence-corrected chi connectivity index (χ3v) is 5.71. The molecule has 1 aliphatic heterocycles. The van der Waals surface area contributed by atoms with Crippen LogP contribution in [0.25, 0.3) is 22.5 Å². The molecule has 0 saturated carbocycles. The monoisotopic (exact) mass is 440 g/mol. The van der Waals surface area contributed by atoms with E-state index < -0.39 is 0 Å². The van der Waals surface area contributed by atoms with Gasteiger partial charge < -0.3 is 15.0 Å². The zero-order valence-corrected chi connectivity index (χ0v) is 18.3. The van der Waals surface area contributed by atoms with Crippen LogP contribution in [0.3, 0.4) is 0 Å². The summed E-state index contributed by atoms with van der Waals surface area (Å²) in [6.07, 6.45) is 2.41. The Hall–Kier alpha value is -4.20. The molecule has 2 N–H and O–H groups in total. The zero-order valence-electron chi connectivity index (χ0n) is 18.3. The predicted octanol–water partition coefficient (Wildman–Crippen LogP) is 4.39. The van der Waals surface area contributed by atoms with Crippen LogP contribution in [0, 0.1) is 0 Å². The Balaban J connectivity index is 1.25. The summed E-state index contributed by atoms with van der Waals surface area (Å²) in [6.45, 7) is 2.08. The number of carbonyl (C=O) groups is 1. The van der Waals surface area contributed by atoms with E-state index in [-0.39, 0.29) is 5.91 Å². The van der Waals surface area contributed by atoms with Gasteiger partial charge in [-0.05, 0) is 55.3 Å².